The standard InChI is InChI=1S/C26H24N4O5S2/c1-16-24(26-27-21-11-10-18(29-37(3,33)34)15-23(21)36(32)28-26)25(31)20(22-9-4-5-12-30(16)22)14-17-7-6-8-19(13-17)35-2/h4-13,15,29H,14H2,1-3H3,(H,27,28). The first kappa shape index (κ1) is 24.7. The van der Waals surface area contributed by atoms with Crippen molar-refractivity contribution in [2.45, 2.75) is 18.2 Å². The van der Waals surface area contributed by atoms with Crippen LogP contribution in [0.5, 0.6) is 5.75 Å². The van der Waals surface area contributed by atoms with Gasteiger partial charge in [-0.25, -0.2) is 12.6 Å². The summed E-state index contributed by atoms with van der Waals surface area (Å²) in [4.78, 5) is 14.3. The van der Waals surface area contributed by atoms with Crippen molar-refractivity contribution in [3.63, 3.8) is 0 Å². The van der Waals surface area contributed by atoms with E-state index in [4.69, 9.17) is 4.74 Å². The number of hydrogen-bond donors (Lipinski definition) is 2. The third-order valence-corrected chi connectivity index (χ3v) is 7.71. The number of amidine groups is 1. The van der Waals surface area contributed by atoms with Crippen molar-refractivity contribution in [2.24, 2.45) is 4.40 Å². The van der Waals surface area contributed by atoms with E-state index in [0.29, 0.717) is 39.6 Å². The first-order chi connectivity index (χ1) is 17.6. The molecular formula is C26H24N4O5S2. The van der Waals surface area contributed by atoms with E-state index in [2.05, 4.69) is 14.4 Å². The number of sulfonamides is 1. The number of benzene rings is 2. The van der Waals surface area contributed by atoms with Crippen LogP contribution in [-0.4, -0.2) is 36.2 Å². The molecule has 0 amide bonds. The topological polar surface area (TPSA) is 118 Å². The fourth-order valence-corrected chi connectivity index (χ4v) is 5.90. The third-order valence-electron chi connectivity index (χ3n) is 6.05. The molecule has 0 saturated heterocycles. The Morgan fingerprint density at radius 1 is 1.11 bits per heavy atom. The minimum atomic E-state index is -3.50. The Labute approximate surface area is 216 Å². The zero-order chi connectivity index (χ0) is 26.3. The lowest BCUT2D eigenvalue weighted by Crippen LogP contribution is -2.31. The van der Waals surface area contributed by atoms with Crippen molar-refractivity contribution in [3.05, 3.63) is 99.5 Å². The number of methoxy groups -OCH3 is 1. The lowest BCUT2D eigenvalue weighted by Gasteiger charge is -2.21. The van der Waals surface area contributed by atoms with Crippen molar-refractivity contribution >= 4 is 43.7 Å². The van der Waals surface area contributed by atoms with Crippen LogP contribution in [0.3, 0.4) is 0 Å². The van der Waals surface area contributed by atoms with E-state index in [0.717, 1.165) is 17.3 Å². The van der Waals surface area contributed by atoms with Crippen molar-refractivity contribution in [1.29, 1.82) is 0 Å². The number of aryl methyl sites for hydroxylation is 1. The first-order valence-corrected chi connectivity index (χ1v) is 14.3. The van der Waals surface area contributed by atoms with Crippen LogP contribution < -0.4 is 20.2 Å². The van der Waals surface area contributed by atoms with Gasteiger partial charge in [0.25, 0.3) is 0 Å². The van der Waals surface area contributed by atoms with Gasteiger partial charge in [-0.1, -0.05) is 18.2 Å². The number of nitrogens with zero attached hydrogens (tertiary/aromatic N) is 2. The summed E-state index contributed by atoms with van der Waals surface area (Å²) in [6.45, 7) is 1.82. The van der Waals surface area contributed by atoms with Crippen LogP contribution in [0.1, 0.15) is 22.4 Å². The Kier molecular flexibility index (Phi) is 6.34. The molecule has 0 radical (unpaired) electrons. The summed E-state index contributed by atoms with van der Waals surface area (Å²) < 4.78 is 50.2. The second-order valence-electron chi connectivity index (χ2n) is 8.65. The third kappa shape index (κ3) is 4.87. The van der Waals surface area contributed by atoms with E-state index < -0.39 is 21.0 Å². The number of anilines is 2. The van der Waals surface area contributed by atoms with Crippen LogP contribution >= 0.6 is 0 Å². The monoisotopic (exact) mass is 536 g/mol. The highest BCUT2D eigenvalue weighted by molar-refractivity contribution is 7.92. The highest BCUT2D eigenvalue weighted by Crippen LogP contribution is 2.30. The van der Waals surface area contributed by atoms with Gasteiger partial charge in [0, 0.05) is 29.6 Å². The zero-order valence-corrected chi connectivity index (χ0v) is 21.9. The molecule has 0 spiro atoms. The predicted molar refractivity (Wildman–Crippen MR) is 146 cm³/mol. The molecule has 11 heteroatoms. The Morgan fingerprint density at radius 2 is 1.92 bits per heavy atom. The number of hydrogen-bond acceptors (Lipinski definition) is 6. The predicted octanol–water partition coefficient (Wildman–Crippen LogP) is 3.47. The van der Waals surface area contributed by atoms with Crippen LogP contribution in [0.2, 0.25) is 0 Å². The molecule has 0 aliphatic carbocycles. The number of pyridine rings is 2. The van der Waals surface area contributed by atoms with Gasteiger partial charge in [-0.05, 0) is 55.0 Å². The molecule has 2 aromatic carbocycles. The van der Waals surface area contributed by atoms with Gasteiger partial charge in [-0.2, -0.15) is 4.40 Å². The van der Waals surface area contributed by atoms with Crippen LogP contribution in [0.25, 0.3) is 5.52 Å². The fourth-order valence-electron chi connectivity index (χ4n) is 4.41. The minimum Gasteiger partial charge on any atom is -0.497 e. The number of nitrogens with one attached hydrogen (secondary N) is 2. The van der Waals surface area contributed by atoms with Gasteiger partial charge < -0.3 is 14.5 Å². The molecule has 190 valence electrons. The average molecular weight is 537 g/mol. The highest BCUT2D eigenvalue weighted by atomic mass is 32.2. The van der Waals surface area contributed by atoms with Crippen LogP contribution in [0.4, 0.5) is 11.4 Å². The fraction of sp³-hybridized carbons (Fsp3) is 0.154. The lowest BCUT2D eigenvalue weighted by atomic mass is 9.99. The smallest absolute Gasteiger partial charge is 0.229 e. The molecule has 2 N–H and O–H groups in total. The van der Waals surface area contributed by atoms with Crippen molar-refractivity contribution < 1.29 is 17.4 Å². The highest BCUT2D eigenvalue weighted by Gasteiger charge is 2.25. The van der Waals surface area contributed by atoms with Gasteiger partial charge in [0.15, 0.2) is 22.3 Å². The van der Waals surface area contributed by atoms with Crippen molar-refractivity contribution in [3.8, 4) is 5.75 Å². The molecule has 4 aromatic rings. The Bertz CT molecular complexity index is 1780. The summed E-state index contributed by atoms with van der Waals surface area (Å²) in [5, 5.41) is 3.14. The van der Waals surface area contributed by atoms with E-state index in [-0.39, 0.29) is 17.0 Å². The van der Waals surface area contributed by atoms with Gasteiger partial charge in [0.05, 0.1) is 35.0 Å². The Hall–Kier alpha value is -3.96. The minimum absolute atomic E-state index is 0.197. The molecule has 0 saturated carbocycles. The van der Waals surface area contributed by atoms with Crippen molar-refractivity contribution in [1.82, 2.24) is 4.40 Å². The van der Waals surface area contributed by atoms with E-state index in [1.54, 1.807) is 19.2 Å². The normalized spacial score (nSPS) is 15.0. The number of fused-ring (bicyclic) bond motifs is 2. The molecule has 9 nitrogen and oxygen atoms in total. The van der Waals surface area contributed by atoms with E-state index in [1.165, 1.54) is 6.07 Å². The van der Waals surface area contributed by atoms with Crippen molar-refractivity contribution in [2.75, 3.05) is 23.4 Å². The second-order valence-corrected chi connectivity index (χ2v) is 11.5. The molecule has 1 unspecified atom stereocenters. The van der Waals surface area contributed by atoms with E-state index >= 15 is 0 Å². The molecule has 3 heterocycles. The summed E-state index contributed by atoms with van der Waals surface area (Å²) in [5.74, 6) is 0.895. The van der Waals surface area contributed by atoms with Crippen LogP contribution in [-0.2, 0) is 27.4 Å². The van der Waals surface area contributed by atoms with E-state index in [9.17, 15) is 17.4 Å². The molecule has 1 aliphatic rings. The van der Waals surface area contributed by atoms with Crippen LogP contribution in [0, 0.1) is 6.92 Å². The number of aromatic nitrogens is 1. The molecule has 5 rings (SSSR count). The molecule has 0 bridgehead atoms. The first-order valence-electron chi connectivity index (χ1n) is 11.3. The summed E-state index contributed by atoms with van der Waals surface area (Å²) in [6, 6.07) is 17.8. The summed E-state index contributed by atoms with van der Waals surface area (Å²) >= 11 is 0. The van der Waals surface area contributed by atoms with Gasteiger partial charge >= 0.3 is 0 Å². The van der Waals surface area contributed by atoms with Crippen LogP contribution in [0.15, 0.2) is 80.9 Å². The SMILES string of the molecule is COc1cccc(Cc2c(=O)c(C3=NS(=O)c4cc(NS(C)(=O)=O)ccc4N3)c(C)n3ccccc23)c1. The maximum Gasteiger partial charge on any atom is 0.229 e. The molecule has 37 heavy (non-hydrogen) atoms. The maximum atomic E-state index is 14.0. The molecule has 2 aromatic heterocycles. The second kappa shape index (κ2) is 9.49. The van der Waals surface area contributed by atoms with Gasteiger partial charge in [-0.15, -0.1) is 0 Å². The Balaban J connectivity index is 1.63. The van der Waals surface area contributed by atoms with Gasteiger partial charge in [0.1, 0.15) is 5.75 Å². The average Bonchev–Trinajstić information content (AvgIpc) is 2.86. The zero-order valence-electron chi connectivity index (χ0n) is 20.3. The van der Waals surface area contributed by atoms with Gasteiger partial charge in [0.2, 0.25) is 10.0 Å². The molecule has 1 aliphatic heterocycles. The summed E-state index contributed by atoms with van der Waals surface area (Å²) in [6.07, 6.45) is 3.28. The number of ether oxygens (including phenoxy) is 1. The summed E-state index contributed by atoms with van der Waals surface area (Å²) in [5.41, 5.74) is 3.76. The van der Waals surface area contributed by atoms with E-state index in [1.807, 2.05) is 60.0 Å². The molecular weight excluding hydrogens is 512 g/mol. The molecule has 0 fully saturated rings. The maximum absolute atomic E-state index is 14.0. The largest absolute Gasteiger partial charge is 0.497 e. The Morgan fingerprint density at radius 3 is 2.68 bits per heavy atom. The molecule has 1 atom stereocenters. The summed E-state index contributed by atoms with van der Waals surface area (Å²) in [7, 11) is -3.76. The number of rotatable bonds is 6. The quantitative estimate of drug-likeness (QED) is 0.390. The van der Waals surface area contributed by atoms with Gasteiger partial charge in [-0.3, -0.25) is 9.52 Å². The lowest BCUT2D eigenvalue weighted by molar-refractivity contribution is 0.414.